The van der Waals surface area contributed by atoms with Crippen LogP contribution < -0.4 is 16.0 Å². The first-order chi connectivity index (χ1) is 18.3. The predicted molar refractivity (Wildman–Crippen MR) is 154 cm³/mol. The van der Waals surface area contributed by atoms with Crippen LogP contribution in [0.3, 0.4) is 0 Å². The fourth-order valence-electron chi connectivity index (χ4n) is 4.81. The number of carbonyl (C=O) groups excluding carboxylic acids is 2. The van der Waals surface area contributed by atoms with Crippen LogP contribution in [0.1, 0.15) is 65.4 Å². The fraction of sp³-hybridized carbons (Fsp3) is 0.667. The van der Waals surface area contributed by atoms with E-state index in [2.05, 4.69) is 54.4 Å². The lowest BCUT2D eigenvalue weighted by Gasteiger charge is -2.35. The van der Waals surface area contributed by atoms with E-state index >= 15 is 0 Å². The number of carbonyl (C=O) groups is 2. The van der Waals surface area contributed by atoms with Gasteiger partial charge >= 0.3 is 6.03 Å². The van der Waals surface area contributed by atoms with Crippen molar-refractivity contribution in [2.75, 3.05) is 24.3 Å². The van der Waals surface area contributed by atoms with Gasteiger partial charge in [0.15, 0.2) is 0 Å². The maximum Gasteiger partial charge on any atom is 0.315 e. The first kappa shape index (κ1) is 30.6. The fourth-order valence-corrected chi connectivity index (χ4v) is 7.94. The van der Waals surface area contributed by atoms with E-state index in [0.717, 1.165) is 42.7 Å². The Kier molecular flexibility index (Phi) is 12.6. The molecule has 0 saturated carbocycles. The third-order valence-electron chi connectivity index (χ3n) is 6.57. The highest BCUT2D eigenvalue weighted by molar-refractivity contribution is 8.00. The Morgan fingerprint density at radius 3 is 2.55 bits per heavy atom. The van der Waals surface area contributed by atoms with Gasteiger partial charge in [0.25, 0.3) is 8.53 Å². The van der Waals surface area contributed by atoms with Gasteiger partial charge in [0.2, 0.25) is 5.91 Å². The lowest BCUT2D eigenvalue weighted by molar-refractivity contribution is -0.116. The molecule has 2 saturated heterocycles. The first-order valence-electron chi connectivity index (χ1n) is 13.6. The minimum Gasteiger partial charge on any atom is -0.332 e. The van der Waals surface area contributed by atoms with Crippen LogP contribution in [0.5, 0.6) is 0 Å². The Morgan fingerprint density at radius 2 is 1.87 bits per heavy atom. The summed E-state index contributed by atoms with van der Waals surface area (Å²) < 4.78 is 14.3. The number of amides is 3. The maximum absolute atomic E-state index is 12.4. The normalized spacial score (nSPS) is 21.3. The van der Waals surface area contributed by atoms with Gasteiger partial charge in [0.1, 0.15) is 0 Å². The van der Waals surface area contributed by atoms with Crippen molar-refractivity contribution in [3.8, 4) is 6.07 Å². The minimum absolute atomic E-state index is 0.0245. The molecular formula is C27H42N5O4PS. The van der Waals surface area contributed by atoms with E-state index < -0.39 is 8.53 Å². The molecule has 1 aromatic carbocycles. The van der Waals surface area contributed by atoms with Crippen LogP contribution in [-0.4, -0.2) is 65.0 Å². The van der Waals surface area contributed by atoms with Crippen molar-refractivity contribution in [1.29, 1.82) is 5.26 Å². The summed E-state index contributed by atoms with van der Waals surface area (Å²) >= 11 is 1.91. The van der Waals surface area contributed by atoms with Gasteiger partial charge in [-0.15, -0.1) is 0 Å². The number of nitrogens with zero attached hydrogens (tertiary/aromatic N) is 2. The third-order valence-corrected chi connectivity index (χ3v) is 10.2. The molecule has 3 N–H and O–H groups in total. The van der Waals surface area contributed by atoms with Gasteiger partial charge in [-0.05, 0) is 64.7 Å². The zero-order valence-electron chi connectivity index (χ0n) is 22.9. The maximum atomic E-state index is 12.4. The Morgan fingerprint density at radius 1 is 1.16 bits per heavy atom. The van der Waals surface area contributed by atoms with Crippen molar-refractivity contribution < 1.29 is 18.6 Å². The highest BCUT2D eigenvalue weighted by atomic mass is 32.2. The van der Waals surface area contributed by atoms with Crippen molar-refractivity contribution in [1.82, 2.24) is 15.3 Å². The summed E-state index contributed by atoms with van der Waals surface area (Å²) in [4.78, 5) is 23.9. The van der Waals surface area contributed by atoms with Crippen LogP contribution in [0.4, 0.5) is 10.5 Å². The molecule has 0 spiro atoms. The topological polar surface area (TPSA) is 116 Å². The summed E-state index contributed by atoms with van der Waals surface area (Å²) in [5, 5.41) is 18.3. The average Bonchev–Trinajstić information content (AvgIpc) is 3.41. The number of rotatable bonds is 16. The second-order valence-electron chi connectivity index (χ2n) is 10.2. The van der Waals surface area contributed by atoms with Crippen molar-refractivity contribution in [3.63, 3.8) is 0 Å². The Balaban J connectivity index is 1.36. The molecule has 0 bridgehead atoms. The van der Waals surface area contributed by atoms with Crippen LogP contribution in [0.15, 0.2) is 24.3 Å². The van der Waals surface area contributed by atoms with E-state index in [-0.39, 0.29) is 36.1 Å². The van der Waals surface area contributed by atoms with E-state index in [4.69, 9.17) is 14.3 Å². The summed E-state index contributed by atoms with van der Waals surface area (Å²) in [5.41, 5.74) is 1.91. The van der Waals surface area contributed by atoms with Gasteiger partial charge in [-0.3, -0.25) is 4.79 Å². The number of unbranched alkanes of at least 4 members (excludes halogenated alkanes) is 1. The highest BCUT2D eigenvalue weighted by Crippen LogP contribution is 2.46. The molecule has 11 heteroatoms. The number of hydrogen-bond donors (Lipinski definition) is 3. The molecule has 0 radical (unpaired) electrons. The smallest absolute Gasteiger partial charge is 0.315 e. The standard InChI is InChI=1S/C27H42N5O4PS/c1-19(2)32(20(3)4)37(35-16-7-15-28)36-17-14-21-10-12-22(13-11-21)29-25(33)9-6-5-8-24-26-23(18-38-24)30-27(34)31-26/h10-13,19-20,23-24,26H,5-9,14,16-18H2,1-4H3,(H,29,33)(H2,30,31,34)/t23-,24-,26-,37?/m0/s1. The molecule has 3 amide bonds. The van der Waals surface area contributed by atoms with Crippen LogP contribution in [0, 0.1) is 11.3 Å². The summed E-state index contributed by atoms with van der Waals surface area (Å²) in [7, 11) is -1.24. The molecule has 3 rings (SSSR count). The Hall–Kier alpha value is -1.89. The molecular weight excluding hydrogens is 521 g/mol. The lowest BCUT2D eigenvalue weighted by atomic mass is 10.0. The second kappa shape index (κ2) is 15.6. The van der Waals surface area contributed by atoms with Crippen LogP contribution in [0.25, 0.3) is 0 Å². The Labute approximate surface area is 232 Å². The van der Waals surface area contributed by atoms with E-state index in [1.54, 1.807) is 0 Å². The quantitative estimate of drug-likeness (QED) is 0.144. The molecule has 4 atom stereocenters. The number of urea groups is 1. The molecule has 210 valence electrons. The van der Waals surface area contributed by atoms with Gasteiger partial charge in [-0.2, -0.15) is 17.0 Å². The van der Waals surface area contributed by atoms with E-state index in [9.17, 15) is 9.59 Å². The summed E-state index contributed by atoms with van der Waals surface area (Å²) in [6.45, 7) is 9.37. The van der Waals surface area contributed by atoms with Crippen LogP contribution in [-0.2, 0) is 20.3 Å². The Bertz CT molecular complexity index is 934. The monoisotopic (exact) mass is 563 g/mol. The third kappa shape index (κ3) is 9.39. The molecule has 2 fully saturated rings. The van der Waals surface area contributed by atoms with Crippen molar-refractivity contribution in [2.45, 2.75) is 95.6 Å². The zero-order valence-corrected chi connectivity index (χ0v) is 24.7. The molecule has 2 aliphatic rings. The van der Waals surface area contributed by atoms with Crippen molar-refractivity contribution >= 4 is 37.9 Å². The molecule has 0 aromatic heterocycles. The SMILES string of the molecule is CC(C)N(C(C)C)P(OCCC#N)OCCc1ccc(NC(=O)CCCC[C@@H]2SC[C@@H]3NC(=O)N[C@@H]32)cc1. The number of benzene rings is 1. The van der Waals surface area contributed by atoms with E-state index in [1.807, 2.05) is 36.0 Å². The summed E-state index contributed by atoms with van der Waals surface area (Å²) in [6.07, 6.45) is 4.38. The first-order valence-corrected chi connectivity index (χ1v) is 15.7. The second-order valence-corrected chi connectivity index (χ2v) is 13.0. The van der Waals surface area contributed by atoms with Crippen LogP contribution >= 0.6 is 20.3 Å². The van der Waals surface area contributed by atoms with E-state index in [0.29, 0.717) is 31.3 Å². The molecule has 1 aromatic rings. The van der Waals surface area contributed by atoms with Crippen LogP contribution in [0.2, 0.25) is 0 Å². The number of thioether (sulfide) groups is 1. The summed E-state index contributed by atoms with van der Waals surface area (Å²) in [5.74, 6) is 0.985. The van der Waals surface area contributed by atoms with Gasteiger partial charge in [0, 0.05) is 35.2 Å². The molecule has 9 nitrogen and oxygen atoms in total. The average molecular weight is 564 g/mol. The van der Waals surface area contributed by atoms with Crippen molar-refractivity contribution in [3.05, 3.63) is 29.8 Å². The molecule has 2 aliphatic heterocycles. The minimum atomic E-state index is -1.24. The molecule has 1 unspecified atom stereocenters. The van der Waals surface area contributed by atoms with Gasteiger partial charge in [-0.1, -0.05) is 18.6 Å². The van der Waals surface area contributed by atoms with Gasteiger partial charge in [0.05, 0.1) is 37.8 Å². The van der Waals surface area contributed by atoms with Crippen molar-refractivity contribution in [2.24, 2.45) is 0 Å². The summed E-state index contributed by atoms with van der Waals surface area (Å²) in [6, 6.07) is 11.0. The van der Waals surface area contributed by atoms with Gasteiger partial charge in [-0.25, -0.2) is 9.46 Å². The molecule has 0 aliphatic carbocycles. The zero-order chi connectivity index (χ0) is 27.5. The number of nitrogens with one attached hydrogen (secondary N) is 3. The number of fused-ring (bicyclic) bond motifs is 1. The number of hydrogen-bond acceptors (Lipinski definition) is 7. The predicted octanol–water partition coefficient (Wildman–Crippen LogP) is 5.19. The number of anilines is 1. The highest BCUT2D eigenvalue weighted by Gasteiger charge is 2.42. The largest absolute Gasteiger partial charge is 0.332 e. The van der Waals surface area contributed by atoms with Gasteiger partial charge < -0.3 is 25.0 Å². The van der Waals surface area contributed by atoms with E-state index in [1.165, 1.54) is 0 Å². The lowest BCUT2D eigenvalue weighted by Crippen LogP contribution is -2.36. The molecule has 2 heterocycles. The number of nitriles is 1. The molecule has 38 heavy (non-hydrogen) atoms.